The van der Waals surface area contributed by atoms with Crippen LogP contribution < -0.4 is 9.47 Å². The van der Waals surface area contributed by atoms with Gasteiger partial charge in [0.15, 0.2) is 0 Å². The highest BCUT2D eigenvalue weighted by atomic mass is 16.5. The number of amides is 2. The molecule has 0 spiro atoms. The summed E-state index contributed by atoms with van der Waals surface area (Å²) in [5.41, 5.74) is 1.68. The Hall–Kier alpha value is -3.02. The summed E-state index contributed by atoms with van der Waals surface area (Å²) in [7, 11) is 1.63. The van der Waals surface area contributed by atoms with Crippen LogP contribution in [0.3, 0.4) is 0 Å². The SMILES string of the molecule is COc1ccc(CC(=O)N2CCCC2COc2ccc(C(=O)N3CCCC3)cc2)cc1. The Morgan fingerprint density at radius 3 is 2.26 bits per heavy atom. The topological polar surface area (TPSA) is 59.1 Å². The Labute approximate surface area is 183 Å². The molecule has 0 bridgehead atoms. The first kappa shape index (κ1) is 21.2. The summed E-state index contributed by atoms with van der Waals surface area (Å²) < 4.78 is 11.2. The van der Waals surface area contributed by atoms with Crippen molar-refractivity contribution >= 4 is 11.8 Å². The first-order valence-corrected chi connectivity index (χ1v) is 11.1. The van der Waals surface area contributed by atoms with Crippen molar-refractivity contribution in [3.63, 3.8) is 0 Å². The van der Waals surface area contributed by atoms with E-state index < -0.39 is 0 Å². The van der Waals surface area contributed by atoms with Crippen LogP contribution in [0, 0.1) is 0 Å². The van der Waals surface area contributed by atoms with Crippen LogP contribution in [0.1, 0.15) is 41.6 Å². The molecule has 2 heterocycles. The highest BCUT2D eigenvalue weighted by molar-refractivity contribution is 5.94. The van der Waals surface area contributed by atoms with Crippen molar-refractivity contribution in [3.8, 4) is 11.5 Å². The monoisotopic (exact) mass is 422 g/mol. The Bertz CT molecular complexity index is 889. The number of carbonyl (C=O) groups is 2. The zero-order valence-corrected chi connectivity index (χ0v) is 18.1. The Kier molecular flexibility index (Phi) is 6.75. The third kappa shape index (κ3) is 5.19. The molecule has 0 aliphatic carbocycles. The molecule has 4 rings (SSSR count). The van der Waals surface area contributed by atoms with Crippen molar-refractivity contribution in [1.29, 1.82) is 0 Å². The first-order chi connectivity index (χ1) is 15.1. The summed E-state index contributed by atoms with van der Waals surface area (Å²) in [5, 5.41) is 0. The standard InChI is InChI=1S/C25H30N2O4/c1-30-22-10-6-19(7-11-22)17-24(28)27-16-4-5-21(27)18-31-23-12-8-20(9-13-23)25(29)26-14-2-3-15-26/h6-13,21H,2-5,14-18H2,1H3. The van der Waals surface area contributed by atoms with E-state index in [1.165, 1.54) is 0 Å². The number of hydrogen-bond acceptors (Lipinski definition) is 4. The van der Waals surface area contributed by atoms with E-state index in [1.54, 1.807) is 7.11 Å². The second-order valence-corrected chi connectivity index (χ2v) is 8.24. The lowest BCUT2D eigenvalue weighted by Gasteiger charge is -2.25. The molecule has 2 saturated heterocycles. The van der Waals surface area contributed by atoms with E-state index in [1.807, 2.05) is 58.3 Å². The Balaban J connectivity index is 1.30. The fraction of sp³-hybridized carbons (Fsp3) is 0.440. The van der Waals surface area contributed by atoms with Crippen molar-refractivity contribution in [1.82, 2.24) is 9.80 Å². The van der Waals surface area contributed by atoms with Crippen molar-refractivity contribution in [2.45, 2.75) is 38.1 Å². The molecule has 2 amide bonds. The molecular weight excluding hydrogens is 392 g/mol. The van der Waals surface area contributed by atoms with Gasteiger partial charge in [-0.2, -0.15) is 0 Å². The highest BCUT2D eigenvalue weighted by Crippen LogP contribution is 2.22. The van der Waals surface area contributed by atoms with Gasteiger partial charge in [0, 0.05) is 25.2 Å². The Morgan fingerprint density at radius 2 is 1.58 bits per heavy atom. The van der Waals surface area contributed by atoms with E-state index in [9.17, 15) is 9.59 Å². The van der Waals surface area contributed by atoms with E-state index in [0.29, 0.717) is 18.6 Å². The molecular formula is C25H30N2O4. The van der Waals surface area contributed by atoms with Crippen LogP contribution in [0.15, 0.2) is 48.5 Å². The molecule has 2 fully saturated rings. The molecule has 0 N–H and O–H groups in total. The molecule has 6 nitrogen and oxygen atoms in total. The summed E-state index contributed by atoms with van der Waals surface area (Å²) in [6.45, 7) is 2.93. The lowest BCUT2D eigenvalue weighted by Crippen LogP contribution is -2.39. The maximum absolute atomic E-state index is 12.8. The van der Waals surface area contributed by atoms with Gasteiger partial charge in [0.25, 0.3) is 5.91 Å². The molecule has 6 heteroatoms. The molecule has 2 aliphatic rings. The summed E-state index contributed by atoms with van der Waals surface area (Å²) in [5.74, 6) is 1.74. The van der Waals surface area contributed by atoms with Gasteiger partial charge in [-0.05, 0) is 67.6 Å². The number of hydrogen-bond donors (Lipinski definition) is 0. The smallest absolute Gasteiger partial charge is 0.253 e. The number of likely N-dealkylation sites (tertiary alicyclic amines) is 2. The van der Waals surface area contributed by atoms with E-state index >= 15 is 0 Å². The van der Waals surface area contributed by atoms with Crippen LogP contribution >= 0.6 is 0 Å². The predicted octanol–water partition coefficient (Wildman–Crippen LogP) is 3.54. The van der Waals surface area contributed by atoms with Crippen LogP contribution in [0.4, 0.5) is 0 Å². The summed E-state index contributed by atoms with van der Waals surface area (Å²) in [6.07, 6.45) is 4.49. The molecule has 164 valence electrons. The number of methoxy groups -OCH3 is 1. The van der Waals surface area contributed by atoms with E-state index in [4.69, 9.17) is 9.47 Å². The summed E-state index contributed by atoms with van der Waals surface area (Å²) in [4.78, 5) is 29.1. The highest BCUT2D eigenvalue weighted by Gasteiger charge is 2.29. The molecule has 2 aromatic rings. The summed E-state index contributed by atoms with van der Waals surface area (Å²) in [6, 6.07) is 15.1. The fourth-order valence-electron chi connectivity index (χ4n) is 4.35. The fourth-order valence-corrected chi connectivity index (χ4v) is 4.35. The van der Waals surface area contributed by atoms with Crippen molar-refractivity contribution in [2.24, 2.45) is 0 Å². The molecule has 0 radical (unpaired) electrons. The lowest BCUT2D eigenvalue weighted by molar-refractivity contribution is -0.131. The van der Waals surface area contributed by atoms with Gasteiger partial charge in [-0.25, -0.2) is 0 Å². The molecule has 1 atom stereocenters. The summed E-state index contributed by atoms with van der Waals surface area (Å²) >= 11 is 0. The normalized spacial score (nSPS) is 18.3. The second-order valence-electron chi connectivity index (χ2n) is 8.24. The van der Waals surface area contributed by atoms with E-state index in [2.05, 4.69) is 0 Å². The lowest BCUT2D eigenvalue weighted by atomic mass is 10.1. The molecule has 1 unspecified atom stereocenters. The van der Waals surface area contributed by atoms with E-state index in [0.717, 1.165) is 62.4 Å². The van der Waals surface area contributed by atoms with Gasteiger partial charge in [0.2, 0.25) is 5.91 Å². The zero-order chi connectivity index (χ0) is 21.6. The third-order valence-corrected chi connectivity index (χ3v) is 6.15. The number of nitrogens with zero attached hydrogens (tertiary/aromatic N) is 2. The average Bonchev–Trinajstić information content (AvgIpc) is 3.50. The van der Waals surface area contributed by atoms with Gasteiger partial charge < -0.3 is 19.3 Å². The molecule has 31 heavy (non-hydrogen) atoms. The van der Waals surface area contributed by atoms with Gasteiger partial charge in [0.05, 0.1) is 19.6 Å². The Morgan fingerprint density at radius 1 is 0.903 bits per heavy atom. The number of carbonyl (C=O) groups excluding carboxylic acids is 2. The quantitative estimate of drug-likeness (QED) is 0.685. The van der Waals surface area contributed by atoms with Gasteiger partial charge in [-0.15, -0.1) is 0 Å². The van der Waals surface area contributed by atoms with Gasteiger partial charge >= 0.3 is 0 Å². The largest absolute Gasteiger partial charge is 0.497 e. The maximum atomic E-state index is 12.8. The van der Waals surface area contributed by atoms with Crippen LogP contribution in [0.5, 0.6) is 11.5 Å². The predicted molar refractivity (Wildman–Crippen MR) is 119 cm³/mol. The van der Waals surface area contributed by atoms with Crippen LogP contribution in [0.2, 0.25) is 0 Å². The first-order valence-electron chi connectivity index (χ1n) is 11.1. The van der Waals surface area contributed by atoms with Gasteiger partial charge in [-0.1, -0.05) is 12.1 Å². The van der Waals surface area contributed by atoms with Crippen LogP contribution in [-0.4, -0.2) is 61.0 Å². The molecule has 2 aliphatic heterocycles. The molecule has 0 aromatic heterocycles. The second kappa shape index (κ2) is 9.86. The van der Waals surface area contributed by atoms with Crippen LogP contribution in [0.25, 0.3) is 0 Å². The minimum atomic E-state index is 0.0802. The van der Waals surface area contributed by atoms with Crippen molar-refractivity contribution in [3.05, 3.63) is 59.7 Å². The van der Waals surface area contributed by atoms with E-state index in [-0.39, 0.29) is 17.9 Å². The van der Waals surface area contributed by atoms with Gasteiger partial charge in [-0.3, -0.25) is 9.59 Å². The van der Waals surface area contributed by atoms with Crippen LogP contribution in [-0.2, 0) is 11.2 Å². The average molecular weight is 423 g/mol. The molecule has 2 aromatic carbocycles. The van der Waals surface area contributed by atoms with Gasteiger partial charge in [0.1, 0.15) is 18.1 Å². The van der Waals surface area contributed by atoms with Crippen molar-refractivity contribution < 1.29 is 19.1 Å². The minimum absolute atomic E-state index is 0.0802. The minimum Gasteiger partial charge on any atom is -0.497 e. The van der Waals surface area contributed by atoms with Crippen molar-refractivity contribution in [2.75, 3.05) is 33.4 Å². The third-order valence-electron chi connectivity index (χ3n) is 6.15. The number of benzene rings is 2. The zero-order valence-electron chi connectivity index (χ0n) is 18.1. The maximum Gasteiger partial charge on any atom is 0.253 e. The number of rotatable bonds is 7. The molecule has 0 saturated carbocycles. The number of ether oxygens (including phenoxy) is 2.